The average Bonchev–Trinajstić information content (AvgIpc) is 2.70. The first-order valence-electron chi connectivity index (χ1n) is 8.40. The number of carbonyl (C=O) groups excluding carboxylic acids is 1. The van der Waals surface area contributed by atoms with Gasteiger partial charge >= 0.3 is 5.97 Å². The van der Waals surface area contributed by atoms with Crippen LogP contribution in [0.3, 0.4) is 0 Å². The summed E-state index contributed by atoms with van der Waals surface area (Å²) in [5.74, 6) is -0.549. The van der Waals surface area contributed by atoms with Crippen LogP contribution in [0.2, 0.25) is 0 Å². The van der Waals surface area contributed by atoms with Crippen molar-refractivity contribution in [3.05, 3.63) is 89.0 Å². The highest BCUT2D eigenvalue weighted by Crippen LogP contribution is 2.26. The number of amides is 1. The number of nitrogens with zero attached hydrogens (tertiary/aromatic N) is 1. The van der Waals surface area contributed by atoms with Gasteiger partial charge in [-0.15, -0.1) is 0 Å². The van der Waals surface area contributed by atoms with Gasteiger partial charge in [-0.3, -0.25) is 4.79 Å². The second kappa shape index (κ2) is 8.06. The summed E-state index contributed by atoms with van der Waals surface area (Å²) in [5, 5.41) is 20.8. The van der Waals surface area contributed by atoms with E-state index in [4.69, 9.17) is 10.00 Å². The molecular formula is C22H16N2O4. The number of rotatable bonds is 5. The Balaban J connectivity index is 1.83. The molecule has 3 aromatic rings. The average molecular weight is 372 g/mol. The highest BCUT2D eigenvalue weighted by atomic mass is 16.5. The van der Waals surface area contributed by atoms with Crippen molar-refractivity contribution in [3.8, 4) is 17.6 Å². The minimum atomic E-state index is -1.23. The van der Waals surface area contributed by atoms with Gasteiger partial charge in [0.25, 0.3) is 5.91 Å². The van der Waals surface area contributed by atoms with E-state index in [0.717, 1.165) is 5.56 Å². The van der Waals surface area contributed by atoms with Crippen LogP contribution in [0.4, 0.5) is 5.69 Å². The van der Waals surface area contributed by atoms with Crippen molar-refractivity contribution in [3.63, 3.8) is 0 Å². The number of carboxylic acid groups (broad SMARTS) is 1. The molecule has 0 aliphatic heterocycles. The summed E-state index contributed by atoms with van der Waals surface area (Å²) in [7, 11) is 0. The number of hydrogen-bond acceptors (Lipinski definition) is 4. The molecule has 6 nitrogen and oxygen atoms in total. The van der Waals surface area contributed by atoms with Crippen LogP contribution in [-0.2, 0) is 0 Å². The van der Waals surface area contributed by atoms with Gasteiger partial charge in [0.1, 0.15) is 11.5 Å². The first-order chi connectivity index (χ1) is 13.5. The Hall–Kier alpha value is -4.11. The minimum absolute atomic E-state index is 0.113. The van der Waals surface area contributed by atoms with Crippen molar-refractivity contribution in [1.82, 2.24) is 0 Å². The third-order valence-corrected chi connectivity index (χ3v) is 4.04. The number of para-hydroxylation sites is 1. The number of carboxylic acids is 1. The first kappa shape index (κ1) is 18.7. The molecule has 3 aromatic carbocycles. The Bertz CT molecular complexity index is 1100. The number of nitriles is 1. The molecule has 0 aliphatic rings. The van der Waals surface area contributed by atoms with E-state index in [1.165, 1.54) is 18.2 Å². The van der Waals surface area contributed by atoms with Crippen molar-refractivity contribution in [1.29, 1.82) is 5.26 Å². The lowest BCUT2D eigenvalue weighted by Gasteiger charge is -2.11. The van der Waals surface area contributed by atoms with Gasteiger partial charge < -0.3 is 15.2 Å². The number of nitrogens with one attached hydrogen (secondary N) is 1. The zero-order valence-corrected chi connectivity index (χ0v) is 15.0. The van der Waals surface area contributed by atoms with E-state index in [-0.39, 0.29) is 16.8 Å². The zero-order chi connectivity index (χ0) is 20.1. The molecule has 0 bridgehead atoms. The lowest BCUT2D eigenvalue weighted by Crippen LogP contribution is -2.15. The highest BCUT2D eigenvalue weighted by Gasteiger charge is 2.15. The molecule has 0 aromatic heterocycles. The van der Waals surface area contributed by atoms with Crippen LogP contribution >= 0.6 is 0 Å². The molecule has 1 amide bonds. The molecule has 3 rings (SSSR count). The minimum Gasteiger partial charge on any atom is -0.478 e. The van der Waals surface area contributed by atoms with Crippen molar-refractivity contribution in [2.45, 2.75) is 6.92 Å². The normalized spacial score (nSPS) is 10.0. The van der Waals surface area contributed by atoms with Crippen LogP contribution in [0.5, 0.6) is 11.5 Å². The van der Waals surface area contributed by atoms with Gasteiger partial charge in [0.15, 0.2) is 0 Å². The SMILES string of the molecule is Cc1ccccc1Oc1cccc(C(=O)Nc2ccc(C#N)cc2C(=O)O)c1. The van der Waals surface area contributed by atoms with Crippen LogP contribution in [-0.4, -0.2) is 17.0 Å². The number of aryl methyl sites for hydroxylation is 1. The summed E-state index contributed by atoms with van der Waals surface area (Å²) >= 11 is 0. The zero-order valence-electron chi connectivity index (χ0n) is 15.0. The molecule has 138 valence electrons. The first-order valence-corrected chi connectivity index (χ1v) is 8.40. The fourth-order valence-electron chi connectivity index (χ4n) is 2.59. The number of ether oxygens (including phenoxy) is 1. The van der Waals surface area contributed by atoms with E-state index in [9.17, 15) is 14.7 Å². The number of aromatic carboxylic acids is 1. The Morgan fingerprint density at radius 2 is 1.82 bits per heavy atom. The molecule has 0 aliphatic carbocycles. The lowest BCUT2D eigenvalue weighted by atomic mass is 10.1. The van der Waals surface area contributed by atoms with Crippen LogP contribution in [0.25, 0.3) is 0 Å². The van der Waals surface area contributed by atoms with Gasteiger partial charge in [-0.2, -0.15) is 5.26 Å². The Morgan fingerprint density at radius 1 is 1.04 bits per heavy atom. The second-order valence-corrected chi connectivity index (χ2v) is 6.03. The lowest BCUT2D eigenvalue weighted by molar-refractivity contribution is 0.0698. The highest BCUT2D eigenvalue weighted by molar-refractivity contribution is 6.08. The smallest absolute Gasteiger partial charge is 0.337 e. The van der Waals surface area contributed by atoms with E-state index in [1.807, 2.05) is 37.3 Å². The van der Waals surface area contributed by atoms with Crippen LogP contribution in [0, 0.1) is 18.3 Å². The topological polar surface area (TPSA) is 99.4 Å². The van der Waals surface area contributed by atoms with Gasteiger partial charge in [-0.1, -0.05) is 24.3 Å². The van der Waals surface area contributed by atoms with E-state index in [0.29, 0.717) is 17.1 Å². The van der Waals surface area contributed by atoms with E-state index in [1.54, 1.807) is 24.3 Å². The molecule has 6 heteroatoms. The molecule has 2 N–H and O–H groups in total. The molecule has 0 atom stereocenters. The van der Waals surface area contributed by atoms with Crippen LogP contribution in [0.15, 0.2) is 66.7 Å². The van der Waals surface area contributed by atoms with Crippen molar-refractivity contribution in [2.75, 3.05) is 5.32 Å². The molecule has 0 unspecified atom stereocenters. The fourth-order valence-corrected chi connectivity index (χ4v) is 2.59. The maximum atomic E-state index is 12.6. The molecule has 0 saturated heterocycles. The fraction of sp³-hybridized carbons (Fsp3) is 0.0455. The number of anilines is 1. The molecule has 28 heavy (non-hydrogen) atoms. The van der Waals surface area contributed by atoms with Gasteiger partial charge in [0.2, 0.25) is 0 Å². The molecule has 0 fully saturated rings. The molecular weight excluding hydrogens is 356 g/mol. The van der Waals surface area contributed by atoms with E-state index >= 15 is 0 Å². The van der Waals surface area contributed by atoms with Crippen LogP contribution < -0.4 is 10.1 Å². The largest absolute Gasteiger partial charge is 0.478 e. The molecule has 0 radical (unpaired) electrons. The predicted octanol–water partition coefficient (Wildman–Crippen LogP) is 4.61. The van der Waals surface area contributed by atoms with Gasteiger partial charge in [-0.25, -0.2) is 4.79 Å². The summed E-state index contributed by atoms with van der Waals surface area (Å²) < 4.78 is 5.83. The second-order valence-electron chi connectivity index (χ2n) is 6.03. The Kier molecular flexibility index (Phi) is 5.38. The van der Waals surface area contributed by atoms with Gasteiger partial charge in [-0.05, 0) is 55.0 Å². The van der Waals surface area contributed by atoms with Gasteiger partial charge in [0.05, 0.1) is 22.9 Å². The summed E-state index contributed by atoms with van der Waals surface area (Å²) in [6.07, 6.45) is 0. The van der Waals surface area contributed by atoms with Crippen molar-refractivity contribution >= 4 is 17.6 Å². The Labute approximate surface area is 161 Å². The number of carbonyl (C=O) groups is 2. The molecule has 0 spiro atoms. The number of benzene rings is 3. The van der Waals surface area contributed by atoms with E-state index < -0.39 is 11.9 Å². The van der Waals surface area contributed by atoms with Gasteiger partial charge in [0, 0.05) is 5.56 Å². The summed E-state index contributed by atoms with van der Waals surface area (Å²) in [6, 6.07) is 20.0. The quantitative estimate of drug-likeness (QED) is 0.681. The maximum absolute atomic E-state index is 12.6. The maximum Gasteiger partial charge on any atom is 0.337 e. The molecule has 0 heterocycles. The Morgan fingerprint density at radius 3 is 2.54 bits per heavy atom. The van der Waals surface area contributed by atoms with Crippen molar-refractivity contribution < 1.29 is 19.4 Å². The molecule has 0 saturated carbocycles. The predicted molar refractivity (Wildman–Crippen MR) is 104 cm³/mol. The third kappa shape index (κ3) is 4.17. The number of hydrogen-bond donors (Lipinski definition) is 2. The van der Waals surface area contributed by atoms with Crippen molar-refractivity contribution in [2.24, 2.45) is 0 Å². The van der Waals surface area contributed by atoms with Crippen LogP contribution in [0.1, 0.15) is 31.8 Å². The monoisotopic (exact) mass is 372 g/mol. The third-order valence-electron chi connectivity index (χ3n) is 4.04. The van der Waals surface area contributed by atoms with E-state index in [2.05, 4.69) is 5.32 Å². The summed E-state index contributed by atoms with van der Waals surface area (Å²) in [5.41, 5.74) is 1.43. The standard InChI is InChI=1S/C22H16N2O4/c1-14-5-2-3-8-20(14)28-17-7-4-6-16(12-17)21(25)24-19-10-9-15(13-23)11-18(19)22(26)27/h2-12H,1H3,(H,24,25)(H,26,27). The summed E-state index contributed by atoms with van der Waals surface area (Å²) in [6.45, 7) is 1.92. The summed E-state index contributed by atoms with van der Waals surface area (Å²) in [4.78, 5) is 24.0.